The number of hydrogen-bond acceptors (Lipinski definition) is 7. The predicted molar refractivity (Wildman–Crippen MR) is 96.4 cm³/mol. The Hall–Kier alpha value is -1.93. The summed E-state index contributed by atoms with van der Waals surface area (Å²) in [5.41, 5.74) is 1.91. The lowest BCUT2D eigenvalue weighted by Crippen LogP contribution is -2.34. The van der Waals surface area contributed by atoms with Crippen molar-refractivity contribution in [3.63, 3.8) is 0 Å². The number of fused-ring (bicyclic) bond motifs is 1. The zero-order chi connectivity index (χ0) is 17.9. The van der Waals surface area contributed by atoms with Crippen LogP contribution in [0.25, 0.3) is 10.9 Å². The van der Waals surface area contributed by atoms with Gasteiger partial charge in [-0.2, -0.15) is 8.42 Å². The minimum absolute atomic E-state index is 0.268. The second-order valence-electron chi connectivity index (χ2n) is 6.29. The zero-order valence-electron chi connectivity index (χ0n) is 14.5. The molecule has 25 heavy (non-hydrogen) atoms. The smallest absolute Gasteiger partial charge is 0.264 e. The Morgan fingerprint density at radius 2 is 1.92 bits per heavy atom. The van der Waals surface area contributed by atoms with Gasteiger partial charge in [0.05, 0.1) is 20.0 Å². The van der Waals surface area contributed by atoms with E-state index in [9.17, 15) is 8.42 Å². The van der Waals surface area contributed by atoms with Crippen LogP contribution < -0.4 is 9.64 Å². The van der Waals surface area contributed by atoms with E-state index in [4.69, 9.17) is 8.92 Å². The SMILES string of the molecule is COc1nccc2c(N3CCC(CCOS(C)(=O)=O)CC3)ccnc12. The minimum Gasteiger partial charge on any atom is -0.479 e. The molecule has 1 aliphatic heterocycles. The van der Waals surface area contributed by atoms with Crippen LogP contribution in [-0.4, -0.2) is 51.4 Å². The molecule has 1 aliphatic rings. The van der Waals surface area contributed by atoms with Crippen molar-refractivity contribution in [2.24, 2.45) is 5.92 Å². The van der Waals surface area contributed by atoms with Crippen molar-refractivity contribution >= 4 is 26.7 Å². The standard InChI is InChI=1S/C17H23N3O4S/c1-23-17-16-14(3-8-19-17)15(4-9-18-16)20-10-5-13(6-11-20)7-12-24-25(2,21)22/h3-4,8-9,13H,5-7,10-12H2,1-2H3. The van der Waals surface area contributed by atoms with Crippen molar-refractivity contribution in [3.05, 3.63) is 24.5 Å². The van der Waals surface area contributed by atoms with E-state index in [0.29, 0.717) is 11.8 Å². The van der Waals surface area contributed by atoms with E-state index in [1.165, 1.54) is 0 Å². The lowest BCUT2D eigenvalue weighted by molar-refractivity contribution is 0.264. The second kappa shape index (κ2) is 7.53. The monoisotopic (exact) mass is 365 g/mol. The maximum absolute atomic E-state index is 11.0. The first kappa shape index (κ1) is 17.9. The molecule has 2 aromatic rings. The van der Waals surface area contributed by atoms with Gasteiger partial charge in [-0.3, -0.25) is 9.17 Å². The average molecular weight is 365 g/mol. The summed E-state index contributed by atoms with van der Waals surface area (Å²) in [6, 6.07) is 3.99. The maximum Gasteiger partial charge on any atom is 0.264 e. The first-order valence-electron chi connectivity index (χ1n) is 8.35. The fraction of sp³-hybridized carbons (Fsp3) is 0.529. The predicted octanol–water partition coefficient (Wildman–Crippen LogP) is 2.22. The molecule has 8 heteroatoms. The van der Waals surface area contributed by atoms with E-state index in [-0.39, 0.29) is 6.61 Å². The fourth-order valence-corrected chi connectivity index (χ4v) is 3.69. The molecule has 0 amide bonds. The van der Waals surface area contributed by atoms with Crippen LogP contribution in [0.2, 0.25) is 0 Å². The molecule has 3 rings (SSSR count). The van der Waals surface area contributed by atoms with E-state index in [2.05, 4.69) is 14.9 Å². The summed E-state index contributed by atoms with van der Waals surface area (Å²) in [7, 11) is -1.75. The lowest BCUT2D eigenvalue weighted by atomic mass is 9.93. The van der Waals surface area contributed by atoms with Crippen molar-refractivity contribution in [1.29, 1.82) is 0 Å². The summed E-state index contributed by atoms with van der Waals surface area (Å²) in [6.07, 6.45) is 7.41. The molecule has 136 valence electrons. The van der Waals surface area contributed by atoms with Gasteiger partial charge in [0.25, 0.3) is 10.1 Å². The van der Waals surface area contributed by atoms with E-state index in [1.807, 2.05) is 12.1 Å². The second-order valence-corrected chi connectivity index (χ2v) is 7.94. The number of methoxy groups -OCH3 is 1. The van der Waals surface area contributed by atoms with Crippen molar-refractivity contribution in [2.45, 2.75) is 19.3 Å². The van der Waals surface area contributed by atoms with E-state index in [1.54, 1.807) is 19.5 Å². The van der Waals surface area contributed by atoms with Gasteiger partial charge in [-0.25, -0.2) is 4.98 Å². The molecule has 1 saturated heterocycles. The topological polar surface area (TPSA) is 81.6 Å². The molecule has 0 radical (unpaired) electrons. The van der Waals surface area contributed by atoms with Gasteiger partial charge in [0.1, 0.15) is 5.52 Å². The van der Waals surface area contributed by atoms with Crippen molar-refractivity contribution < 1.29 is 17.3 Å². The summed E-state index contributed by atoms with van der Waals surface area (Å²) in [5.74, 6) is 1.02. The number of rotatable bonds is 6. The highest BCUT2D eigenvalue weighted by atomic mass is 32.2. The highest BCUT2D eigenvalue weighted by molar-refractivity contribution is 7.85. The van der Waals surface area contributed by atoms with Gasteiger partial charge in [0.2, 0.25) is 5.88 Å². The summed E-state index contributed by atoms with van der Waals surface area (Å²) in [5, 5.41) is 1.04. The van der Waals surface area contributed by atoms with Crippen molar-refractivity contribution in [2.75, 3.05) is 38.0 Å². The summed E-state index contributed by atoms with van der Waals surface area (Å²) >= 11 is 0. The minimum atomic E-state index is -3.34. The molecule has 0 spiro atoms. The van der Waals surface area contributed by atoms with Gasteiger partial charge in [0.15, 0.2) is 0 Å². The number of nitrogens with zero attached hydrogens (tertiary/aromatic N) is 3. The van der Waals surface area contributed by atoms with Gasteiger partial charge < -0.3 is 9.64 Å². The van der Waals surface area contributed by atoms with Crippen LogP contribution in [0.1, 0.15) is 19.3 Å². The fourth-order valence-electron chi connectivity index (χ4n) is 3.29. The molecule has 2 aromatic heterocycles. The first-order chi connectivity index (χ1) is 12.0. The molecule has 0 saturated carbocycles. The quantitative estimate of drug-likeness (QED) is 0.726. The molecule has 0 unspecified atom stereocenters. The number of piperidine rings is 1. The number of ether oxygens (including phenoxy) is 1. The molecule has 3 heterocycles. The highest BCUT2D eigenvalue weighted by Crippen LogP contribution is 2.32. The first-order valence-corrected chi connectivity index (χ1v) is 10.2. The third kappa shape index (κ3) is 4.38. The molecule has 0 bridgehead atoms. The van der Waals surface area contributed by atoms with Crippen LogP contribution >= 0.6 is 0 Å². The summed E-state index contributed by atoms with van der Waals surface area (Å²) < 4.78 is 32.2. The van der Waals surface area contributed by atoms with Gasteiger partial charge in [-0.1, -0.05) is 0 Å². The van der Waals surface area contributed by atoms with Gasteiger partial charge in [0, 0.05) is 36.6 Å². The number of aromatic nitrogens is 2. The van der Waals surface area contributed by atoms with Crippen molar-refractivity contribution in [3.8, 4) is 5.88 Å². The summed E-state index contributed by atoms with van der Waals surface area (Å²) in [6.45, 7) is 2.12. The third-order valence-corrected chi connectivity index (χ3v) is 5.17. The van der Waals surface area contributed by atoms with Gasteiger partial charge in [-0.05, 0) is 37.3 Å². The van der Waals surface area contributed by atoms with E-state index >= 15 is 0 Å². The van der Waals surface area contributed by atoms with Crippen LogP contribution in [0, 0.1) is 5.92 Å². The Labute approximate surface area is 148 Å². The normalized spacial score (nSPS) is 16.3. The Balaban J connectivity index is 1.66. The molecular weight excluding hydrogens is 342 g/mol. The van der Waals surface area contributed by atoms with Gasteiger partial charge >= 0.3 is 0 Å². The Kier molecular flexibility index (Phi) is 5.39. The largest absolute Gasteiger partial charge is 0.479 e. The molecule has 0 aromatic carbocycles. The number of pyridine rings is 2. The van der Waals surface area contributed by atoms with E-state index in [0.717, 1.165) is 55.2 Å². The Bertz CT molecular complexity index is 833. The maximum atomic E-state index is 11.0. The molecule has 1 fully saturated rings. The molecule has 0 N–H and O–H groups in total. The van der Waals surface area contributed by atoms with Crippen LogP contribution in [0.5, 0.6) is 5.88 Å². The number of hydrogen-bond donors (Lipinski definition) is 0. The van der Waals surface area contributed by atoms with E-state index < -0.39 is 10.1 Å². The number of anilines is 1. The molecule has 0 atom stereocenters. The Morgan fingerprint density at radius 1 is 1.20 bits per heavy atom. The third-order valence-electron chi connectivity index (χ3n) is 4.57. The van der Waals surface area contributed by atoms with Gasteiger partial charge in [-0.15, -0.1) is 0 Å². The van der Waals surface area contributed by atoms with Crippen LogP contribution in [-0.2, 0) is 14.3 Å². The van der Waals surface area contributed by atoms with Crippen LogP contribution in [0.15, 0.2) is 24.5 Å². The van der Waals surface area contributed by atoms with Crippen LogP contribution in [0.3, 0.4) is 0 Å². The summed E-state index contributed by atoms with van der Waals surface area (Å²) in [4.78, 5) is 11.0. The average Bonchev–Trinajstić information content (AvgIpc) is 2.60. The lowest BCUT2D eigenvalue weighted by Gasteiger charge is -2.34. The van der Waals surface area contributed by atoms with Crippen molar-refractivity contribution in [1.82, 2.24) is 9.97 Å². The molecule has 7 nitrogen and oxygen atoms in total. The zero-order valence-corrected chi connectivity index (χ0v) is 15.3. The highest BCUT2D eigenvalue weighted by Gasteiger charge is 2.21. The van der Waals surface area contributed by atoms with Crippen LogP contribution in [0.4, 0.5) is 5.69 Å². The Morgan fingerprint density at radius 3 is 2.60 bits per heavy atom. The molecular formula is C17H23N3O4S. The molecule has 0 aliphatic carbocycles.